The van der Waals surface area contributed by atoms with Crippen LogP contribution in [0.1, 0.15) is 105 Å². The summed E-state index contributed by atoms with van der Waals surface area (Å²) in [6.45, 7) is 2.54. The number of carbonyl (C=O) groups excluding carboxylic acids is 6. The van der Waals surface area contributed by atoms with Gasteiger partial charge < -0.3 is 162 Å². The Morgan fingerprint density at radius 3 is 1.23 bits per heavy atom. The van der Waals surface area contributed by atoms with Gasteiger partial charge in [-0.15, -0.1) is 0 Å². The van der Waals surface area contributed by atoms with E-state index in [0.717, 1.165) is 81.7 Å². The lowest BCUT2D eigenvalue weighted by Gasteiger charge is -2.52. The third kappa shape index (κ3) is 38.3. The minimum absolute atomic E-state index is 0.0213. The monoisotopic (exact) mass is 2280 g/mol. The first-order valence-electron chi connectivity index (χ1n) is 45.6. The number of nitrogens with one attached hydrogen (secondary N) is 2. The number of Topliss-reactive ketones (excluding diaryl/α,β-unsaturated/α-hetero) is 3. The molecule has 0 saturated carbocycles. The number of ketones is 3. The maximum absolute atomic E-state index is 14.6. The Hall–Kier alpha value is -6.38. The van der Waals surface area contributed by atoms with E-state index >= 15 is 0 Å². The molecular weight excluding hydrogens is 2160 g/mol. The second kappa shape index (κ2) is 58.1. The Bertz CT molecular complexity index is 5580. The lowest BCUT2D eigenvalue weighted by molar-refractivity contribution is -0.401. The number of aliphatic carboxylic acids is 2. The van der Waals surface area contributed by atoms with Crippen molar-refractivity contribution in [3.8, 4) is 5.75 Å². The Balaban J connectivity index is 0.876. The summed E-state index contributed by atoms with van der Waals surface area (Å²) >= 11 is 0. The number of unbranched alkanes of at least 4 members (excludes halogenated alkanes) is 1. The molecular formula is C83H121N3O56S7-8. The van der Waals surface area contributed by atoms with E-state index < -0.39 is 288 Å². The number of benzene rings is 2. The highest BCUT2D eigenvalue weighted by atomic mass is 32.3. The lowest BCUT2D eigenvalue weighted by atomic mass is 9.89. The Morgan fingerprint density at radius 1 is 0.423 bits per heavy atom. The van der Waals surface area contributed by atoms with Crippen molar-refractivity contribution in [2.45, 2.75) is 269 Å². The number of carboxylic acids is 2. The van der Waals surface area contributed by atoms with E-state index in [1.165, 1.54) is 7.11 Å². The second-order valence-electron chi connectivity index (χ2n) is 34.3. The van der Waals surface area contributed by atoms with Gasteiger partial charge in [0.25, 0.3) is 0 Å². The topological polar surface area (TPSA) is 823 Å². The van der Waals surface area contributed by atoms with Gasteiger partial charge >= 0.3 is 0 Å². The average molecular weight is 2280 g/mol. The zero-order chi connectivity index (χ0) is 111. The summed E-state index contributed by atoms with van der Waals surface area (Å²) in [6, 6.07) is 7.04. The van der Waals surface area contributed by atoms with Crippen molar-refractivity contribution >= 4 is 113 Å². The number of rotatable bonds is 65. The Labute approximate surface area is 860 Å². The van der Waals surface area contributed by atoms with Crippen molar-refractivity contribution in [1.82, 2.24) is 9.62 Å². The molecule has 2 aromatic rings. The number of hydrogen-bond acceptors (Lipinski definition) is 57. The molecule has 66 heteroatoms. The first kappa shape index (κ1) is 128. The molecule has 149 heavy (non-hydrogen) atoms. The van der Waals surface area contributed by atoms with Crippen LogP contribution in [0, 0.1) is 32.1 Å². The molecule has 6 heterocycles. The smallest absolute Gasteiger partial charge is 0.241 e. The third-order valence-corrected chi connectivity index (χ3v) is 28.9. The molecule has 6 aliphatic rings. The van der Waals surface area contributed by atoms with Crippen LogP contribution in [-0.2, 0) is 232 Å². The van der Waals surface area contributed by atoms with E-state index in [2.05, 4.69) is 25.6 Å². The highest BCUT2D eigenvalue weighted by Crippen LogP contribution is 2.43. The number of sulfonamides is 1. The minimum Gasteiger partial charge on any atom is -0.726 e. The van der Waals surface area contributed by atoms with Crippen LogP contribution in [0.15, 0.2) is 35.2 Å². The van der Waals surface area contributed by atoms with E-state index in [9.17, 15) is 125 Å². The number of aryl methyl sites for hydroxylation is 1. The van der Waals surface area contributed by atoms with E-state index in [1.807, 2.05) is 0 Å². The summed E-state index contributed by atoms with van der Waals surface area (Å²) in [6.07, 6.45) is -56.3. The molecule has 2 aromatic carbocycles. The second-order valence-corrected chi connectivity index (χ2v) is 42.2. The van der Waals surface area contributed by atoms with Crippen LogP contribution in [0.5, 0.6) is 5.75 Å². The van der Waals surface area contributed by atoms with Crippen LogP contribution >= 0.6 is 0 Å². The number of carbonyl (C=O) groups is 6. The van der Waals surface area contributed by atoms with Gasteiger partial charge in [0, 0.05) is 120 Å². The number of piperidine rings is 1. The molecule has 0 spiro atoms. The zero-order valence-electron chi connectivity index (χ0n) is 82.6. The fraction of sp³-hybridized carbons (Fsp3) is 0.771. The molecule has 2 N–H and O–H groups in total. The van der Waals surface area contributed by atoms with Crippen molar-refractivity contribution < 1.29 is 255 Å². The van der Waals surface area contributed by atoms with Gasteiger partial charge in [0.2, 0.25) is 78.3 Å². The van der Waals surface area contributed by atoms with Crippen molar-refractivity contribution in [1.29, 1.82) is 5.41 Å². The number of hydrogen-bond donors (Lipinski definition) is 2. The summed E-state index contributed by atoms with van der Waals surface area (Å²) in [5.74, 6) is -6.77. The van der Waals surface area contributed by atoms with Gasteiger partial charge in [0.05, 0.1) is 89.4 Å². The average Bonchev–Trinajstić information content (AvgIpc) is 0.748. The molecule has 8 rings (SSSR count). The van der Waals surface area contributed by atoms with Crippen LogP contribution < -0.4 is 19.7 Å². The summed E-state index contributed by atoms with van der Waals surface area (Å²) in [5.41, 5.74) is 2.95. The maximum atomic E-state index is 14.6. The fourth-order valence-corrected chi connectivity index (χ4v) is 21.7. The molecule has 854 valence electrons. The highest BCUT2D eigenvalue weighted by Gasteiger charge is 2.61. The first-order chi connectivity index (χ1) is 69.9. The van der Waals surface area contributed by atoms with Crippen LogP contribution in [0.3, 0.4) is 0 Å². The van der Waals surface area contributed by atoms with Gasteiger partial charge in [-0.05, 0) is 107 Å². The molecule has 0 bridgehead atoms. The van der Waals surface area contributed by atoms with E-state index in [4.69, 9.17) is 114 Å². The van der Waals surface area contributed by atoms with Crippen LogP contribution in [0.2, 0.25) is 0 Å². The van der Waals surface area contributed by atoms with Crippen molar-refractivity contribution in [3.63, 3.8) is 0 Å². The van der Waals surface area contributed by atoms with Gasteiger partial charge in [-0.2, -0.15) is 0 Å². The molecule has 6 aliphatic heterocycles. The lowest BCUT2D eigenvalue weighted by Crippen LogP contribution is -2.70. The van der Waals surface area contributed by atoms with Gasteiger partial charge in [-0.1, -0.05) is 24.3 Å². The van der Waals surface area contributed by atoms with Crippen molar-refractivity contribution in [2.75, 3.05) is 143 Å². The molecule has 59 nitrogen and oxygen atoms in total. The van der Waals surface area contributed by atoms with E-state index in [1.54, 1.807) is 62.9 Å². The highest BCUT2D eigenvalue weighted by molar-refractivity contribution is 7.89. The molecule has 6 fully saturated rings. The quantitative estimate of drug-likeness (QED) is 0.0270. The largest absolute Gasteiger partial charge is 0.726 e. The Morgan fingerprint density at radius 2 is 0.805 bits per heavy atom. The molecule has 0 radical (unpaired) electrons. The number of carboxylic acid groups (broad SMARTS) is 2. The summed E-state index contributed by atoms with van der Waals surface area (Å²) in [4.78, 5) is 84.2. The number of amides is 1. The molecule has 1 amide bonds. The van der Waals surface area contributed by atoms with Gasteiger partial charge in [-0.25, -0.2) is 63.6 Å². The maximum Gasteiger partial charge on any atom is 0.241 e. The van der Waals surface area contributed by atoms with Crippen molar-refractivity contribution in [2.24, 2.45) is 5.92 Å². The fourth-order valence-electron chi connectivity index (χ4n) is 17.7. The number of likely N-dealkylation sites (tertiary alicyclic amines) is 1. The summed E-state index contributed by atoms with van der Waals surface area (Å²) in [7, 11) is -32.3. The SMILES string of the molecule is COc1cc(C)c(S(=O)(=O)N[C@@H](CC(=O)CCCCC(=O)CCCOCCOCCOCCO[C@H]2[C@H](OC)[C@@H](OC)[C@@H](O[C@H]3[C@H](OC)[C@@H](OC)[C@H](O[C@H]4[C@H](OS(=O)(=O)[O-])[C@@H](OS(=O)(=O)[O-])[C@@H](O[C@H]5[C@H](OC)[C@@H](OC)[C@H](O[C@H]6[C@H](OC)[C@@H](OS(=O)(=O)[O-])[C@@H](OC)O[C@@H]6COS(=O)(=O)[O-])O[C@H]5C(=O)[O-])O[C@@H]4COS(=O)(=O)[O-])O[C@@H]3C(=O)[O-])O[C@@H]2COS(=O)(=O)[O-])C(=O)C[C@H](Cc2ccc(C(C)=N)cc2)C(=O)N2CCCCC2)c(C)c1C. The summed E-state index contributed by atoms with van der Waals surface area (Å²) in [5, 5.41) is 34.9. The van der Waals surface area contributed by atoms with Gasteiger partial charge in [-0.3, -0.25) is 44.3 Å². The van der Waals surface area contributed by atoms with E-state index in [0.29, 0.717) is 53.2 Å². The predicted octanol–water partition coefficient (Wildman–Crippen LogP) is -5.83. The van der Waals surface area contributed by atoms with Crippen LogP contribution in [-0.4, -0.2) is 435 Å². The first-order valence-corrected chi connectivity index (χ1v) is 55.1. The zero-order valence-corrected chi connectivity index (χ0v) is 88.3. The predicted molar refractivity (Wildman–Crippen MR) is 478 cm³/mol. The van der Waals surface area contributed by atoms with E-state index in [-0.39, 0.29) is 108 Å². The standard InChI is InChI=1S/C83H129N3O56S7/c1-43-36-54(115-5)44(2)45(3)75(43)143(95,96)85-52(53(89)38-49(76(90)86-27-17-14-18-28-86)37-47-23-25-48(26-24-47)46(4)84)39-51(88)21-16-15-20-50(87)22-19-29-124-30-31-125-32-33-126-34-35-127-58-55(40-128-144(97,98)99)132-80(70(120-10)61(58)116-6)136-65-63(118-8)72(122-12)82(139-68(65)77(91)92)135-60-57(42-130-146(103,104)105)133-83(74(142-149(112,113)114)67(60)140-147(106,107)108)137-66-64(119-9)71(121-11)81(138-69(66)78(93)94)134-59-56(41-129-145(100,101)102)131-79(123-13)73(62(59)117-7)141-148(109,110)111/h23-26,36,49,52,55-74,79-85H,14-22,27-35,37-42H2,1-13H3,(H,91,92)(H,93,94)(H,97,98,99)(H,100,101,102)(H,103,104,105)(H,106,107,108)(H,109,110,111)(H,112,113,114)/p-8/t49-,52-,55+,56+,57+,58+,59+,60+,61-,62-,63-,64-,65-,66-,67-,68-,69+,70+,71+,72+,73+,74+,79-,80+,81+,82+,83+/m0/s1. The third-order valence-electron chi connectivity index (χ3n) is 24.5. The molecule has 0 unspecified atom stereocenters. The molecule has 27 atom stereocenters. The Kier molecular flexibility index (Phi) is 49.8. The normalized spacial score (nSPS) is 29.0. The number of ether oxygens (including phenoxy) is 22. The molecule has 0 aliphatic carbocycles. The van der Waals surface area contributed by atoms with Gasteiger partial charge in [0.15, 0.2) is 49.4 Å². The number of methoxy groups -OCH3 is 9. The van der Waals surface area contributed by atoms with Crippen LogP contribution in [0.25, 0.3) is 0 Å². The van der Waals surface area contributed by atoms with Gasteiger partial charge in [0.1, 0.15) is 127 Å². The number of nitrogens with zero attached hydrogens (tertiary/aromatic N) is 1. The van der Waals surface area contributed by atoms with Crippen molar-refractivity contribution in [3.05, 3.63) is 58.1 Å². The summed E-state index contributed by atoms with van der Waals surface area (Å²) < 4.78 is 405. The van der Waals surface area contributed by atoms with Crippen LogP contribution in [0.4, 0.5) is 0 Å². The molecule has 0 aromatic heterocycles. The molecule has 6 saturated heterocycles. The minimum atomic E-state index is -6.53.